The molecule has 2 heteroatoms. The Kier molecular flexibility index (Phi) is 47.5. The van der Waals surface area contributed by atoms with Gasteiger partial charge >= 0.3 is 0 Å². The lowest BCUT2D eigenvalue weighted by Gasteiger charge is -2.23. The van der Waals surface area contributed by atoms with Crippen molar-refractivity contribution in [3.63, 3.8) is 0 Å². The third-order valence-electron chi connectivity index (χ3n) is 14.4. The monoisotopic (exact) mass is 878 g/mol. The minimum atomic E-state index is 0.269. The van der Waals surface area contributed by atoms with Crippen LogP contribution in [0.4, 0.5) is 0 Å². The van der Waals surface area contributed by atoms with Crippen molar-refractivity contribution in [1.29, 1.82) is 0 Å². The maximum atomic E-state index is 13.9. The van der Waals surface area contributed by atoms with Crippen molar-refractivity contribution in [3.8, 4) is 0 Å². The van der Waals surface area contributed by atoms with Crippen LogP contribution in [0, 0.1) is 0 Å². The third kappa shape index (κ3) is 41.8. The standard InChI is InChI=1S/C61H115NO/c1-4-7-10-13-16-19-22-25-27-29-31-33-35-38-41-44-47-50-57-62(58-51-48-45-42-39-36-34-32-30-28-26-23-20-17-14-11-8-5-2)61(63)60-55-53-59(54-56-60)52-49-46-43-40-37-24-21-18-15-12-9-6-3/h53-56H,4-52,57-58H2,1-3H3. The molecule has 370 valence electrons. The van der Waals surface area contributed by atoms with E-state index in [1.165, 1.54) is 301 Å². The second-order valence-electron chi connectivity index (χ2n) is 20.6. The fourth-order valence-electron chi connectivity index (χ4n) is 9.89. The van der Waals surface area contributed by atoms with Crippen LogP contribution in [-0.4, -0.2) is 23.9 Å². The molecule has 0 heterocycles. The van der Waals surface area contributed by atoms with Gasteiger partial charge in [-0.2, -0.15) is 0 Å². The number of hydrogen-bond donors (Lipinski definition) is 0. The molecule has 0 unspecified atom stereocenters. The molecule has 1 amide bonds. The van der Waals surface area contributed by atoms with Gasteiger partial charge in [0, 0.05) is 18.7 Å². The largest absolute Gasteiger partial charge is 0.339 e. The lowest BCUT2D eigenvalue weighted by molar-refractivity contribution is 0.0749. The first kappa shape index (κ1) is 59.7. The topological polar surface area (TPSA) is 20.3 Å². The number of nitrogens with zero attached hydrogens (tertiary/aromatic N) is 1. The van der Waals surface area contributed by atoms with Gasteiger partial charge in [0.2, 0.25) is 0 Å². The normalized spacial score (nSPS) is 11.5. The Morgan fingerprint density at radius 1 is 0.286 bits per heavy atom. The van der Waals surface area contributed by atoms with E-state index in [1.807, 2.05) is 0 Å². The van der Waals surface area contributed by atoms with Crippen molar-refractivity contribution >= 4 is 5.91 Å². The molecule has 0 spiro atoms. The molecular weight excluding hydrogens is 763 g/mol. The minimum Gasteiger partial charge on any atom is -0.339 e. The number of hydrogen-bond acceptors (Lipinski definition) is 1. The molecule has 0 atom stereocenters. The van der Waals surface area contributed by atoms with E-state index < -0.39 is 0 Å². The Balaban J connectivity index is 2.30. The number of rotatable bonds is 52. The highest BCUT2D eigenvalue weighted by Gasteiger charge is 2.15. The number of benzene rings is 1. The molecule has 0 aliphatic heterocycles. The summed E-state index contributed by atoms with van der Waals surface area (Å²) in [4.78, 5) is 16.1. The average Bonchev–Trinajstić information content (AvgIpc) is 3.30. The molecule has 0 saturated heterocycles. The molecule has 0 radical (unpaired) electrons. The summed E-state index contributed by atoms with van der Waals surface area (Å²) in [7, 11) is 0. The first-order valence-electron chi connectivity index (χ1n) is 29.6. The predicted molar refractivity (Wildman–Crippen MR) is 285 cm³/mol. The van der Waals surface area contributed by atoms with Gasteiger partial charge in [-0.25, -0.2) is 0 Å². The Hall–Kier alpha value is -1.31. The van der Waals surface area contributed by atoms with Crippen LogP contribution in [0.2, 0.25) is 0 Å². The molecule has 0 aliphatic carbocycles. The predicted octanol–water partition coefficient (Wildman–Crippen LogP) is 21.5. The fourth-order valence-corrected chi connectivity index (χ4v) is 9.89. The van der Waals surface area contributed by atoms with E-state index in [-0.39, 0.29) is 5.91 Å². The van der Waals surface area contributed by atoms with Gasteiger partial charge in [-0.15, -0.1) is 0 Å². The quantitative estimate of drug-likeness (QED) is 0.0597. The molecule has 0 N–H and O–H groups in total. The minimum absolute atomic E-state index is 0.269. The molecule has 2 nitrogen and oxygen atoms in total. The van der Waals surface area contributed by atoms with E-state index in [1.54, 1.807) is 0 Å². The van der Waals surface area contributed by atoms with Crippen LogP contribution in [0.3, 0.4) is 0 Å². The lowest BCUT2D eigenvalue weighted by atomic mass is 10.0. The van der Waals surface area contributed by atoms with Gasteiger partial charge in [0.15, 0.2) is 0 Å². The van der Waals surface area contributed by atoms with E-state index in [0.29, 0.717) is 0 Å². The van der Waals surface area contributed by atoms with Crippen LogP contribution in [0.1, 0.15) is 345 Å². The first-order valence-corrected chi connectivity index (χ1v) is 29.6. The van der Waals surface area contributed by atoms with E-state index in [4.69, 9.17) is 0 Å². The molecule has 63 heavy (non-hydrogen) atoms. The zero-order chi connectivity index (χ0) is 45.2. The maximum absolute atomic E-state index is 13.9. The molecule has 0 aliphatic rings. The summed E-state index contributed by atoms with van der Waals surface area (Å²) in [5.41, 5.74) is 2.30. The number of carbonyl (C=O) groups excluding carboxylic acids is 1. The van der Waals surface area contributed by atoms with Gasteiger partial charge in [-0.05, 0) is 43.4 Å². The van der Waals surface area contributed by atoms with Gasteiger partial charge in [0.25, 0.3) is 5.91 Å². The van der Waals surface area contributed by atoms with Gasteiger partial charge in [0.1, 0.15) is 0 Å². The Bertz CT molecular complexity index is 976. The molecule has 0 aromatic heterocycles. The SMILES string of the molecule is CCCCCCCCCCCCCCCCCCCCN(CCCCCCCCCCCCCCCCCCCC)C(=O)c1ccc(CCCCCCCCCCCCCC)cc1. The molecule has 1 aromatic rings. The van der Waals surface area contributed by atoms with Crippen molar-refractivity contribution in [2.24, 2.45) is 0 Å². The van der Waals surface area contributed by atoms with Crippen molar-refractivity contribution in [3.05, 3.63) is 35.4 Å². The summed E-state index contributed by atoms with van der Waals surface area (Å²) in [5, 5.41) is 0. The lowest BCUT2D eigenvalue weighted by Crippen LogP contribution is -2.33. The van der Waals surface area contributed by atoms with Crippen molar-refractivity contribution in [1.82, 2.24) is 4.90 Å². The van der Waals surface area contributed by atoms with Gasteiger partial charge < -0.3 is 4.90 Å². The molecule has 0 saturated carbocycles. The molecular formula is C61H115NO. The third-order valence-corrected chi connectivity index (χ3v) is 14.4. The summed E-state index contributed by atoms with van der Waals surface area (Å²) in [5.74, 6) is 0.269. The van der Waals surface area contributed by atoms with Crippen LogP contribution >= 0.6 is 0 Å². The summed E-state index contributed by atoms with van der Waals surface area (Å²) >= 11 is 0. The highest BCUT2D eigenvalue weighted by molar-refractivity contribution is 5.94. The van der Waals surface area contributed by atoms with Crippen LogP contribution in [-0.2, 0) is 6.42 Å². The average molecular weight is 879 g/mol. The van der Waals surface area contributed by atoms with Crippen LogP contribution in [0.5, 0.6) is 0 Å². The van der Waals surface area contributed by atoms with Crippen LogP contribution in [0.15, 0.2) is 24.3 Å². The van der Waals surface area contributed by atoms with Crippen molar-refractivity contribution in [2.75, 3.05) is 13.1 Å². The summed E-state index contributed by atoms with van der Waals surface area (Å²) < 4.78 is 0. The van der Waals surface area contributed by atoms with Crippen LogP contribution < -0.4 is 0 Å². The molecule has 0 bridgehead atoms. The molecule has 1 rings (SSSR count). The summed E-state index contributed by atoms with van der Waals surface area (Å²) in [6.45, 7) is 8.77. The van der Waals surface area contributed by atoms with Crippen molar-refractivity contribution < 1.29 is 4.79 Å². The van der Waals surface area contributed by atoms with Crippen LogP contribution in [0.25, 0.3) is 0 Å². The second-order valence-corrected chi connectivity index (χ2v) is 20.6. The summed E-state index contributed by atoms with van der Waals surface area (Å²) in [6, 6.07) is 8.76. The zero-order valence-corrected chi connectivity index (χ0v) is 43.7. The Morgan fingerprint density at radius 3 is 0.730 bits per heavy atom. The highest BCUT2D eigenvalue weighted by atomic mass is 16.2. The number of aryl methyl sites for hydroxylation is 1. The van der Waals surface area contributed by atoms with E-state index >= 15 is 0 Å². The molecule has 1 aromatic carbocycles. The van der Waals surface area contributed by atoms with E-state index in [9.17, 15) is 4.79 Å². The fraction of sp³-hybridized carbons (Fsp3) is 0.885. The number of carbonyl (C=O) groups is 1. The van der Waals surface area contributed by atoms with E-state index in [0.717, 1.165) is 37.9 Å². The first-order chi connectivity index (χ1) is 31.2. The summed E-state index contributed by atoms with van der Waals surface area (Å²) in [6.07, 6.45) is 68.3. The Labute approximate surface area is 397 Å². The Morgan fingerprint density at radius 2 is 0.492 bits per heavy atom. The highest BCUT2D eigenvalue weighted by Crippen LogP contribution is 2.19. The second kappa shape index (κ2) is 50.1. The van der Waals surface area contributed by atoms with Gasteiger partial charge in [-0.3, -0.25) is 4.79 Å². The maximum Gasteiger partial charge on any atom is 0.253 e. The van der Waals surface area contributed by atoms with Crippen molar-refractivity contribution in [2.45, 2.75) is 335 Å². The molecule has 0 fully saturated rings. The van der Waals surface area contributed by atoms with Gasteiger partial charge in [0.05, 0.1) is 0 Å². The van der Waals surface area contributed by atoms with Gasteiger partial charge in [-0.1, -0.05) is 322 Å². The number of unbranched alkanes of at least 4 members (excludes halogenated alkanes) is 45. The zero-order valence-electron chi connectivity index (χ0n) is 43.7. The smallest absolute Gasteiger partial charge is 0.253 e. The number of amides is 1. The van der Waals surface area contributed by atoms with E-state index in [2.05, 4.69) is 49.9 Å².